The summed E-state index contributed by atoms with van der Waals surface area (Å²) >= 11 is 0. The molecule has 1 saturated heterocycles. The lowest BCUT2D eigenvalue weighted by molar-refractivity contribution is -0.148. The molecule has 1 heterocycles. The molecule has 0 radical (unpaired) electrons. The van der Waals surface area contributed by atoms with Gasteiger partial charge in [-0.2, -0.15) is 0 Å². The maximum Gasteiger partial charge on any atom is 0.407 e. The van der Waals surface area contributed by atoms with Gasteiger partial charge in [0.25, 0.3) is 0 Å². The van der Waals surface area contributed by atoms with Crippen LogP contribution < -0.4 is 5.32 Å². The molecule has 1 unspecified atom stereocenters. The summed E-state index contributed by atoms with van der Waals surface area (Å²) in [7, 11) is 0. The number of ether oxygens (including phenoxy) is 1. The highest BCUT2D eigenvalue weighted by Gasteiger charge is 2.34. The predicted octanol–water partition coefficient (Wildman–Crippen LogP) is 4.02. The van der Waals surface area contributed by atoms with Crippen LogP contribution in [-0.4, -0.2) is 53.7 Å². The molecule has 1 fully saturated rings. The third kappa shape index (κ3) is 5.02. The third-order valence-electron chi connectivity index (χ3n) is 6.63. The number of amides is 2. The fourth-order valence-electron chi connectivity index (χ4n) is 4.91. The lowest BCUT2D eigenvalue weighted by Crippen LogP contribution is -2.41. The fourth-order valence-corrected chi connectivity index (χ4v) is 4.91. The molecule has 0 bridgehead atoms. The second-order valence-electron chi connectivity index (χ2n) is 8.93. The zero-order valence-electron chi connectivity index (χ0n) is 18.8. The van der Waals surface area contributed by atoms with E-state index in [4.69, 9.17) is 4.74 Å². The highest BCUT2D eigenvalue weighted by atomic mass is 16.5. The van der Waals surface area contributed by atoms with Crippen molar-refractivity contribution in [3.8, 4) is 11.1 Å². The molecule has 2 amide bonds. The van der Waals surface area contributed by atoms with Crippen LogP contribution >= 0.6 is 0 Å². The summed E-state index contributed by atoms with van der Waals surface area (Å²) in [5.74, 6) is -1.03. The van der Waals surface area contributed by atoms with Gasteiger partial charge in [-0.1, -0.05) is 55.5 Å². The van der Waals surface area contributed by atoms with Gasteiger partial charge in [-0.15, -0.1) is 0 Å². The van der Waals surface area contributed by atoms with Crippen LogP contribution in [0.2, 0.25) is 0 Å². The fraction of sp³-hybridized carbons (Fsp3) is 0.423. The summed E-state index contributed by atoms with van der Waals surface area (Å²) in [4.78, 5) is 37.5. The quantitative estimate of drug-likeness (QED) is 0.633. The first-order valence-corrected chi connectivity index (χ1v) is 11.6. The molecule has 0 saturated carbocycles. The first kappa shape index (κ1) is 22.8. The van der Waals surface area contributed by atoms with Gasteiger partial charge in [0, 0.05) is 25.4 Å². The minimum atomic E-state index is -0.939. The molecular weight excluding hydrogens is 420 g/mol. The van der Waals surface area contributed by atoms with Crippen LogP contribution in [0.5, 0.6) is 0 Å². The number of carboxylic acids is 1. The van der Waals surface area contributed by atoms with E-state index in [0.29, 0.717) is 25.9 Å². The van der Waals surface area contributed by atoms with Crippen LogP contribution in [0.1, 0.15) is 49.7 Å². The van der Waals surface area contributed by atoms with Gasteiger partial charge in [0.15, 0.2) is 0 Å². The average Bonchev–Trinajstić information content (AvgIpc) is 3.41. The highest BCUT2D eigenvalue weighted by Crippen LogP contribution is 2.44. The van der Waals surface area contributed by atoms with Crippen molar-refractivity contribution in [3.63, 3.8) is 0 Å². The number of rotatable bonds is 8. The Morgan fingerprint density at radius 3 is 2.36 bits per heavy atom. The van der Waals surface area contributed by atoms with Gasteiger partial charge in [-0.25, -0.2) is 9.59 Å². The molecule has 0 aromatic heterocycles. The number of nitrogens with one attached hydrogen (secondary N) is 1. The summed E-state index contributed by atoms with van der Waals surface area (Å²) in [6.45, 7) is 3.09. The number of fused-ring (bicyclic) bond motifs is 3. The minimum Gasteiger partial charge on any atom is -0.480 e. The van der Waals surface area contributed by atoms with Crippen molar-refractivity contribution in [1.82, 2.24) is 10.2 Å². The van der Waals surface area contributed by atoms with Gasteiger partial charge in [0.2, 0.25) is 5.91 Å². The van der Waals surface area contributed by atoms with Crippen molar-refractivity contribution in [1.29, 1.82) is 0 Å². The molecule has 7 nitrogen and oxygen atoms in total. The molecule has 0 spiro atoms. The Labute approximate surface area is 193 Å². The number of nitrogens with zero attached hydrogens (tertiary/aromatic N) is 1. The largest absolute Gasteiger partial charge is 0.480 e. The number of carbonyl (C=O) groups is 3. The van der Waals surface area contributed by atoms with E-state index in [2.05, 4.69) is 29.6 Å². The van der Waals surface area contributed by atoms with Crippen LogP contribution in [0.25, 0.3) is 11.1 Å². The molecular formula is C26H30N2O5. The molecule has 4 rings (SSSR count). The average molecular weight is 451 g/mol. The van der Waals surface area contributed by atoms with E-state index >= 15 is 0 Å². The molecule has 2 aromatic rings. The SMILES string of the molecule is CC(CCNC(=O)OCC1c2ccccc2-c2ccccc21)CC(=O)N1CCC[C@H]1C(=O)O. The number of carbonyl (C=O) groups excluding carboxylic acids is 2. The summed E-state index contributed by atoms with van der Waals surface area (Å²) in [6.07, 6.45) is 1.65. The topological polar surface area (TPSA) is 95.9 Å². The lowest BCUT2D eigenvalue weighted by Gasteiger charge is -2.23. The minimum absolute atomic E-state index is 0.0161. The van der Waals surface area contributed by atoms with E-state index in [1.807, 2.05) is 31.2 Å². The summed E-state index contributed by atoms with van der Waals surface area (Å²) in [5, 5.41) is 12.0. The summed E-state index contributed by atoms with van der Waals surface area (Å²) in [5.41, 5.74) is 4.70. The lowest BCUT2D eigenvalue weighted by atomic mass is 9.98. The maximum atomic E-state index is 12.5. The second-order valence-corrected chi connectivity index (χ2v) is 8.93. The monoisotopic (exact) mass is 450 g/mol. The normalized spacial score (nSPS) is 17.8. The Hall–Kier alpha value is -3.35. The van der Waals surface area contributed by atoms with Gasteiger partial charge < -0.3 is 20.1 Å². The van der Waals surface area contributed by atoms with E-state index in [1.54, 1.807) is 0 Å². The number of aliphatic carboxylic acids is 1. The number of hydrogen-bond acceptors (Lipinski definition) is 4. The van der Waals surface area contributed by atoms with E-state index in [9.17, 15) is 19.5 Å². The Morgan fingerprint density at radius 1 is 1.09 bits per heavy atom. The molecule has 174 valence electrons. The molecule has 7 heteroatoms. The first-order chi connectivity index (χ1) is 16.0. The van der Waals surface area contributed by atoms with Crippen LogP contribution in [0.3, 0.4) is 0 Å². The molecule has 1 aliphatic carbocycles. The molecule has 2 N–H and O–H groups in total. The van der Waals surface area contributed by atoms with Gasteiger partial charge in [-0.05, 0) is 47.4 Å². The predicted molar refractivity (Wildman–Crippen MR) is 124 cm³/mol. The third-order valence-corrected chi connectivity index (χ3v) is 6.63. The van der Waals surface area contributed by atoms with Crippen LogP contribution in [-0.2, 0) is 14.3 Å². The van der Waals surface area contributed by atoms with E-state index in [-0.39, 0.29) is 30.8 Å². The Bertz CT molecular complexity index is 991. The van der Waals surface area contributed by atoms with Crippen molar-refractivity contribution < 1.29 is 24.2 Å². The van der Waals surface area contributed by atoms with Gasteiger partial charge in [0.05, 0.1) is 0 Å². The molecule has 1 aliphatic heterocycles. The van der Waals surface area contributed by atoms with Crippen LogP contribution in [0.4, 0.5) is 4.79 Å². The summed E-state index contributed by atoms with van der Waals surface area (Å²) < 4.78 is 5.53. The van der Waals surface area contributed by atoms with E-state index in [1.165, 1.54) is 27.2 Å². The van der Waals surface area contributed by atoms with Crippen molar-refractivity contribution >= 4 is 18.0 Å². The zero-order valence-corrected chi connectivity index (χ0v) is 18.8. The van der Waals surface area contributed by atoms with Crippen molar-refractivity contribution in [2.24, 2.45) is 5.92 Å². The molecule has 2 atom stereocenters. The van der Waals surface area contributed by atoms with Crippen molar-refractivity contribution in [2.45, 2.75) is 44.6 Å². The maximum absolute atomic E-state index is 12.5. The smallest absolute Gasteiger partial charge is 0.407 e. The number of alkyl carbamates (subject to hydrolysis) is 1. The van der Waals surface area contributed by atoms with Crippen molar-refractivity contribution in [2.75, 3.05) is 19.7 Å². The van der Waals surface area contributed by atoms with Gasteiger partial charge in [0.1, 0.15) is 12.6 Å². The van der Waals surface area contributed by atoms with Crippen LogP contribution in [0, 0.1) is 5.92 Å². The number of hydrogen-bond donors (Lipinski definition) is 2. The molecule has 2 aliphatic rings. The van der Waals surface area contributed by atoms with E-state index < -0.39 is 18.1 Å². The van der Waals surface area contributed by atoms with Gasteiger partial charge in [-0.3, -0.25) is 4.79 Å². The molecule has 2 aromatic carbocycles. The summed E-state index contributed by atoms with van der Waals surface area (Å²) in [6, 6.07) is 15.7. The van der Waals surface area contributed by atoms with Crippen LogP contribution in [0.15, 0.2) is 48.5 Å². The van der Waals surface area contributed by atoms with Gasteiger partial charge >= 0.3 is 12.1 Å². The highest BCUT2D eigenvalue weighted by molar-refractivity contribution is 5.84. The number of carboxylic acid groups (broad SMARTS) is 1. The second kappa shape index (κ2) is 10.1. The first-order valence-electron chi connectivity index (χ1n) is 11.6. The molecule has 33 heavy (non-hydrogen) atoms. The number of benzene rings is 2. The Balaban J connectivity index is 1.22. The standard InChI is InChI=1S/C26H30N2O5/c1-17(15-24(29)28-14-6-11-23(28)25(30)31)12-13-27-26(32)33-16-22-20-9-4-2-7-18(20)19-8-3-5-10-21(19)22/h2-5,7-10,17,22-23H,6,11-16H2,1H3,(H,27,32)(H,30,31)/t17?,23-/m0/s1. The van der Waals surface area contributed by atoms with E-state index in [0.717, 1.165) is 6.42 Å². The Morgan fingerprint density at radius 2 is 1.73 bits per heavy atom. The zero-order chi connectivity index (χ0) is 23.4. The Kier molecular flexibility index (Phi) is 6.96. The number of likely N-dealkylation sites (tertiary alicyclic amines) is 1. The van der Waals surface area contributed by atoms with Crippen molar-refractivity contribution in [3.05, 3.63) is 59.7 Å².